The van der Waals surface area contributed by atoms with E-state index in [2.05, 4.69) is 15.6 Å². The van der Waals surface area contributed by atoms with Gasteiger partial charge in [0.25, 0.3) is 0 Å². The molecule has 1 aromatic rings. The number of hydrogen-bond donors (Lipinski definition) is 2. The molecule has 0 bridgehead atoms. The molecule has 0 unspecified atom stereocenters. The lowest BCUT2D eigenvalue weighted by molar-refractivity contribution is -0.131. The fraction of sp³-hybridized carbons (Fsp3) is 0.650. The first-order valence-corrected chi connectivity index (χ1v) is 9.69. The van der Waals surface area contributed by atoms with Crippen LogP contribution in [0.2, 0.25) is 0 Å². The minimum atomic E-state index is 0.0422. The van der Waals surface area contributed by atoms with E-state index in [9.17, 15) is 9.59 Å². The largest absolute Gasteiger partial charge is 0.353 e. The van der Waals surface area contributed by atoms with Gasteiger partial charge in [0.2, 0.25) is 11.8 Å². The highest BCUT2D eigenvalue weighted by Crippen LogP contribution is 2.29. The third-order valence-corrected chi connectivity index (χ3v) is 5.64. The maximum atomic E-state index is 12.4. The highest BCUT2D eigenvalue weighted by atomic mass is 16.2. The summed E-state index contributed by atoms with van der Waals surface area (Å²) in [5, 5.41) is 6.25. The summed E-state index contributed by atoms with van der Waals surface area (Å²) in [5.74, 6) is 0.456. The first-order valence-electron chi connectivity index (χ1n) is 9.69. The molecule has 136 valence electrons. The maximum Gasteiger partial charge on any atom is 0.223 e. The van der Waals surface area contributed by atoms with E-state index in [-0.39, 0.29) is 23.7 Å². The summed E-state index contributed by atoms with van der Waals surface area (Å²) < 4.78 is 0. The highest BCUT2D eigenvalue weighted by molar-refractivity contribution is 5.81. The number of aromatic nitrogens is 1. The zero-order valence-corrected chi connectivity index (χ0v) is 14.9. The number of amides is 2. The van der Waals surface area contributed by atoms with Crippen LogP contribution in [-0.4, -0.2) is 22.8 Å². The number of rotatable bonds is 5. The summed E-state index contributed by atoms with van der Waals surface area (Å²) in [7, 11) is 0. The molecule has 0 spiro atoms. The number of nitrogens with zero attached hydrogens (tertiary/aromatic N) is 1. The molecule has 1 heterocycles. The molecule has 1 aromatic heterocycles. The molecule has 2 saturated carbocycles. The molecule has 5 heteroatoms. The summed E-state index contributed by atoms with van der Waals surface area (Å²) in [6.45, 7) is 0.545. The third kappa shape index (κ3) is 5.28. The van der Waals surface area contributed by atoms with Crippen molar-refractivity contribution in [2.45, 2.75) is 70.4 Å². The molecule has 0 radical (unpaired) electrons. The standard InChI is InChI=1S/C20H29N3O2/c24-19(22-14-15-10-12-21-13-11-15)16-6-8-17(9-7-16)20(25)23-18-4-2-1-3-5-18/h10-13,16-18H,1-9,14H2,(H,22,24)(H,23,25). The second-order valence-electron chi connectivity index (χ2n) is 7.47. The zero-order valence-electron chi connectivity index (χ0n) is 14.9. The molecular weight excluding hydrogens is 314 g/mol. The minimum absolute atomic E-state index is 0.0422. The lowest BCUT2D eigenvalue weighted by atomic mass is 9.81. The van der Waals surface area contributed by atoms with Gasteiger partial charge in [-0.3, -0.25) is 14.6 Å². The van der Waals surface area contributed by atoms with Crippen molar-refractivity contribution in [1.29, 1.82) is 0 Å². The van der Waals surface area contributed by atoms with Crippen LogP contribution in [0.3, 0.4) is 0 Å². The molecule has 2 fully saturated rings. The Morgan fingerprint density at radius 2 is 1.48 bits per heavy atom. The van der Waals surface area contributed by atoms with Gasteiger partial charge >= 0.3 is 0 Å². The van der Waals surface area contributed by atoms with Gasteiger partial charge in [0.1, 0.15) is 0 Å². The molecule has 0 saturated heterocycles. The molecule has 2 aliphatic rings. The molecule has 0 atom stereocenters. The quantitative estimate of drug-likeness (QED) is 0.863. The monoisotopic (exact) mass is 343 g/mol. The molecule has 5 nitrogen and oxygen atoms in total. The summed E-state index contributed by atoms with van der Waals surface area (Å²) >= 11 is 0. The van der Waals surface area contributed by atoms with Gasteiger partial charge in [-0.15, -0.1) is 0 Å². The fourth-order valence-electron chi connectivity index (χ4n) is 4.02. The van der Waals surface area contributed by atoms with E-state index in [1.165, 1.54) is 19.3 Å². The Bertz CT molecular complexity index is 562. The van der Waals surface area contributed by atoms with Crippen LogP contribution >= 0.6 is 0 Å². The van der Waals surface area contributed by atoms with Crippen LogP contribution in [0.25, 0.3) is 0 Å². The highest BCUT2D eigenvalue weighted by Gasteiger charge is 2.30. The van der Waals surface area contributed by atoms with Crippen LogP contribution in [0.1, 0.15) is 63.4 Å². The summed E-state index contributed by atoms with van der Waals surface area (Å²) in [5.41, 5.74) is 1.06. The molecule has 2 N–H and O–H groups in total. The zero-order chi connectivity index (χ0) is 17.5. The van der Waals surface area contributed by atoms with Gasteiger partial charge in [0, 0.05) is 36.8 Å². The van der Waals surface area contributed by atoms with Crippen LogP contribution in [-0.2, 0) is 16.1 Å². The van der Waals surface area contributed by atoms with Crippen LogP contribution in [0.5, 0.6) is 0 Å². The van der Waals surface area contributed by atoms with Gasteiger partial charge in [-0.05, 0) is 56.2 Å². The average molecular weight is 343 g/mol. The Morgan fingerprint density at radius 3 is 2.12 bits per heavy atom. The smallest absolute Gasteiger partial charge is 0.223 e. The van der Waals surface area contributed by atoms with Crippen LogP contribution in [0.15, 0.2) is 24.5 Å². The topological polar surface area (TPSA) is 71.1 Å². The van der Waals surface area contributed by atoms with Gasteiger partial charge in [0.15, 0.2) is 0 Å². The van der Waals surface area contributed by atoms with Crippen molar-refractivity contribution in [1.82, 2.24) is 15.6 Å². The average Bonchev–Trinajstić information content (AvgIpc) is 2.68. The Morgan fingerprint density at radius 1 is 0.880 bits per heavy atom. The summed E-state index contributed by atoms with van der Waals surface area (Å²) in [4.78, 5) is 28.8. The van der Waals surface area contributed by atoms with Gasteiger partial charge in [-0.1, -0.05) is 19.3 Å². The fourth-order valence-corrected chi connectivity index (χ4v) is 4.02. The Kier molecular flexibility index (Phi) is 6.42. The SMILES string of the molecule is O=C(NCc1ccncc1)C1CCC(C(=O)NC2CCCCC2)CC1. The van der Waals surface area contributed by atoms with Crippen LogP contribution in [0.4, 0.5) is 0 Å². The van der Waals surface area contributed by atoms with E-state index in [1.807, 2.05) is 12.1 Å². The van der Waals surface area contributed by atoms with E-state index in [0.29, 0.717) is 12.6 Å². The minimum Gasteiger partial charge on any atom is -0.353 e. The lowest BCUT2D eigenvalue weighted by Crippen LogP contribution is -2.42. The molecule has 2 aliphatic carbocycles. The number of carbonyl (C=O) groups excluding carboxylic acids is 2. The molecule has 3 rings (SSSR count). The second-order valence-corrected chi connectivity index (χ2v) is 7.47. The van der Waals surface area contributed by atoms with Crippen molar-refractivity contribution in [3.8, 4) is 0 Å². The maximum absolute atomic E-state index is 12.4. The van der Waals surface area contributed by atoms with Crippen LogP contribution < -0.4 is 10.6 Å². The Labute approximate surface area is 150 Å². The Hall–Kier alpha value is -1.91. The normalized spacial score (nSPS) is 24.5. The van der Waals surface area contributed by atoms with E-state index >= 15 is 0 Å². The predicted octanol–water partition coefficient (Wildman–Crippen LogP) is 2.95. The molecule has 25 heavy (non-hydrogen) atoms. The van der Waals surface area contributed by atoms with Gasteiger partial charge < -0.3 is 10.6 Å². The number of carbonyl (C=O) groups is 2. The molecule has 0 aliphatic heterocycles. The Balaban J connectivity index is 1.38. The van der Waals surface area contributed by atoms with Gasteiger partial charge in [-0.2, -0.15) is 0 Å². The van der Waals surface area contributed by atoms with Crippen molar-refractivity contribution >= 4 is 11.8 Å². The lowest BCUT2D eigenvalue weighted by Gasteiger charge is -2.29. The van der Waals surface area contributed by atoms with E-state index in [0.717, 1.165) is 44.1 Å². The first kappa shape index (κ1) is 17.9. The molecule has 2 amide bonds. The summed E-state index contributed by atoms with van der Waals surface area (Å²) in [6.07, 6.45) is 12.7. The van der Waals surface area contributed by atoms with E-state index in [1.54, 1.807) is 12.4 Å². The number of nitrogens with one attached hydrogen (secondary N) is 2. The number of pyridine rings is 1. The molecule has 0 aromatic carbocycles. The number of hydrogen-bond acceptors (Lipinski definition) is 3. The van der Waals surface area contributed by atoms with Crippen molar-refractivity contribution in [3.63, 3.8) is 0 Å². The second kappa shape index (κ2) is 8.97. The van der Waals surface area contributed by atoms with E-state index in [4.69, 9.17) is 0 Å². The van der Waals surface area contributed by atoms with Gasteiger partial charge in [-0.25, -0.2) is 0 Å². The summed E-state index contributed by atoms with van der Waals surface area (Å²) in [6, 6.07) is 4.20. The first-order chi connectivity index (χ1) is 12.2. The van der Waals surface area contributed by atoms with Crippen molar-refractivity contribution in [2.75, 3.05) is 0 Å². The van der Waals surface area contributed by atoms with Crippen molar-refractivity contribution < 1.29 is 9.59 Å². The van der Waals surface area contributed by atoms with Gasteiger partial charge in [0.05, 0.1) is 0 Å². The van der Waals surface area contributed by atoms with Crippen molar-refractivity contribution in [2.24, 2.45) is 11.8 Å². The predicted molar refractivity (Wildman–Crippen MR) is 96.5 cm³/mol. The third-order valence-electron chi connectivity index (χ3n) is 5.64. The molecular formula is C20H29N3O2. The van der Waals surface area contributed by atoms with Crippen molar-refractivity contribution in [3.05, 3.63) is 30.1 Å². The van der Waals surface area contributed by atoms with Crippen LogP contribution in [0, 0.1) is 11.8 Å². The van der Waals surface area contributed by atoms with E-state index < -0.39 is 0 Å².